The molecule has 0 bridgehead atoms. The Bertz CT molecular complexity index is 331. The highest BCUT2D eigenvalue weighted by Crippen LogP contribution is 2.15. The van der Waals surface area contributed by atoms with Crippen LogP contribution in [0.5, 0.6) is 0 Å². The fraction of sp³-hybridized carbons (Fsp3) is 0.300. The summed E-state index contributed by atoms with van der Waals surface area (Å²) in [7, 11) is 0. The molecule has 0 radical (unpaired) electrons. The molecule has 0 saturated carbocycles. The van der Waals surface area contributed by atoms with Crippen molar-refractivity contribution in [1.29, 1.82) is 0 Å². The number of rotatable bonds is 1. The van der Waals surface area contributed by atoms with E-state index in [9.17, 15) is 4.79 Å². The standard InChI is InChI=1S/C10H13NO/c1-7(2)10-8(11)5-3-4-6-9(10)12/h3-7H,11H2,1-2H3. The van der Waals surface area contributed by atoms with Crippen LogP contribution in [0, 0.1) is 0 Å². The molecule has 0 aromatic heterocycles. The first kappa shape index (κ1) is 8.78. The minimum absolute atomic E-state index is 0.0208. The van der Waals surface area contributed by atoms with E-state index in [2.05, 4.69) is 0 Å². The van der Waals surface area contributed by atoms with Crippen molar-refractivity contribution in [2.24, 2.45) is 0 Å². The number of hydrogen-bond acceptors (Lipinski definition) is 2. The molecule has 0 saturated heterocycles. The van der Waals surface area contributed by atoms with E-state index in [4.69, 9.17) is 5.73 Å². The zero-order valence-electron chi connectivity index (χ0n) is 7.37. The van der Waals surface area contributed by atoms with Crippen LogP contribution in [0.1, 0.15) is 25.3 Å². The van der Waals surface area contributed by atoms with Gasteiger partial charge in [0, 0.05) is 11.3 Å². The van der Waals surface area contributed by atoms with Gasteiger partial charge in [-0.05, 0) is 18.1 Å². The molecule has 0 spiro atoms. The molecule has 0 heterocycles. The molecule has 0 amide bonds. The second-order valence-electron chi connectivity index (χ2n) is 3.11. The van der Waals surface area contributed by atoms with Crippen LogP contribution >= 0.6 is 0 Å². The summed E-state index contributed by atoms with van der Waals surface area (Å²) in [5.74, 6) is 0.185. The van der Waals surface area contributed by atoms with Gasteiger partial charge in [0.25, 0.3) is 0 Å². The van der Waals surface area contributed by atoms with Crippen LogP contribution in [0.4, 0.5) is 5.69 Å². The molecule has 0 aliphatic heterocycles. The van der Waals surface area contributed by atoms with Crippen molar-refractivity contribution >= 4 is 5.69 Å². The highest BCUT2D eigenvalue weighted by molar-refractivity contribution is 5.46. The molecule has 0 aliphatic carbocycles. The molecule has 0 unspecified atom stereocenters. The third kappa shape index (κ3) is 1.64. The predicted octanol–water partition coefficient (Wildman–Crippen LogP) is 1.75. The Morgan fingerprint density at radius 2 is 1.83 bits per heavy atom. The number of nitrogens with two attached hydrogens (primary N) is 1. The molecule has 2 heteroatoms. The number of anilines is 1. The van der Waals surface area contributed by atoms with E-state index in [1.54, 1.807) is 24.3 Å². The molecular weight excluding hydrogens is 150 g/mol. The van der Waals surface area contributed by atoms with Gasteiger partial charge in [-0.25, -0.2) is 0 Å². The molecule has 0 atom stereocenters. The summed E-state index contributed by atoms with van der Waals surface area (Å²) < 4.78 is 0. The fourth-order valence-corrected chi connectivity index (χ4v) is 1.24. The minimum atomic E-state index is 0.0208. The van der Waals surface area contributed by atoms with E-state index < -0.39 is 0 Å². The van der Waals surface area contributed by atoms with Gasteiger partial charge < -0.3 is 5.73 Å². The maximum atomic E-state index is 11.4. The average molecular weight is 163 g/mol. The maximum Gasteiger partial charge on any atom is 0.184 e. The third-order valence-electron chi connectivity index (χ3n) is 1.79. The Labute approximate surface area is 72.0 Å². The van der Waals surface area contributed by atoms with Crippen LogP contribution in [-0.4, -0.2) is 0 Å². The lowest BCUT2D eigenvalue weighted by Crippen LogP contribution is -2.08. The van der Waals surface area contributed by atoms with Crippen molar-refractivity contribution in [3.05, 3.63) is 40.1 Å². The molecule has 1 aromatic rings. The molecule has 64 valence electrons. The summed E-state index contributed by atoms with van der Waals surface area (Å²) in [6, 6.07) is 6.80. The zero-order valence-corrected chi connectivity index (χ0v) is 7.37. The first-order valence-electron chi connectivity index (χ1n) is 4.01. The summed E-state index contributed by atoms with van der Waals surface area (Å²) in [4.78, 5) is 11.4. The first-order valence-corrected chi connectivity index (χ1v) is 4.01. The fourth-order valence-electron chi connectivity index (χ4n) is 1.24. The van der Waals surface area contributed by atoms with Crippen molar-refractivity contribution in [1.82, 2.24) is 0 Å². The second-order valence-corrected chi connectivity index (χ2v) is 3.11. The van der Waals surface area contributed by atoms with Gasteiger partial charge in [0.1, 0.15) is 0 Å². The topological polar surface area (TPSA) is 43.1 Å². The van der Waals surface area contributed by atoms with Gasteiger partial charge in [-0.15, -0.1) is 0 Å². The largest absolute Gasteiger partial charge is 0.398 e. The van der Waals surface area contributed by atoms with Crippen molar-refractivity contribution < 1.29 is 0 Å². The van der Waals surface area contributed by atoms with Crippen LogP contribution in [0.25, 0.3) is 0 Å². The van der Waals surface area contributed by atoms with Gasteiger partial charge in [0.05, 0.1) is 0 Å². The molecule has 0 aliphatic rings. The normalized spacial score (nSPS) is 10.2. The summed E-state index contributed by atoms with van der Waals surface area (Å²) in [6.07, 6.45) is 0. The summed E-state index contributed by atoms with van der Waals surface area (Å²) in [5, 5.41) is 0. The van der Waals surface area contributed by atoms with E-state index in [1.165, 1.54) is 0 Å². The number of hydrogen-bond donors (Lipinski definition) is 1. The van der Waals surface area contributed by atoms with E-state index in [0.29, 0.717) is 11.3 Å². The highest BCUT2D eigenvalue weighted by Gasteiger charge is 2.05. The van der Waals surface area contributed by atoms with E-state index in [0.717, 1.165) is 0 Å². The summed E-state index contributed by atoms with van der Waals surface area (Å²) in [6.45, 7) is 3.93. The SMILES string of the molecule is CC(C)c1c(N)ccccc1=O. The van der Waals surface area contributed by atoms with Gasteiger partial charge >= 0.3 is 0 Å². The van der Waals surface area contributed by atoms with Crippen molar-refractivity contribution in [2.45, 2.75) is 19.8 Å². The quantitative estimate of drug-likeness (QED) is 0.685. The molecule has 0 fully saturated rings. The van der Waals surface area contributed by atoms with Crippen LogP contribution in [0.15, 0.2) is 29.1 Å². The molecule has 2 N–H and O–H groups in total. The van der Waals surface area contributed by atoms with Crippen LogP contribution in [0.2, 0.25) is 0 Å². The zero-order chi connectivity index (χ0) is 9.14. The lowest BCUT2D eigenvalue weighted by atomic mass is 10.0. The summed E-state index contributed by atoms with van der Waals surface area (Å²) in [5.41, 5.74) is 7.01. The molecular formula is C10H13NO. The van der Waals surface area contributed by atoms with Crippen molar-refractivity contribution in [3.63, 3.8) is 0 Å². The van der Waals surface area contributed by atoms with Crippen LogP contribution in [-0.2, 0) is 0 Å². The smallest absolute Gasteiger partial charge is 0.184 e. The van der Waals surface area contributed by atoms with Gasteiger partial charge in [0.2, 0.25) is 0 Å². The molecule has 2 nitrogen and oxygen atoms in total. The van der Waals surface area contributed by atoms with Gasteiger partial charge in [-0.1, -0.05) is 26.0 Å². The molecule has 1 rings (SSSR count). The van der Waals surface area contributed by atoms with Gasteiger partial charge in [-0.3, -0.25) is 4.79 Å². The molecule has 1 aromatic carbocycles. The van der Waals surface area contributed by atoms with E-state index >= 15 is 0 Å². The molecule has 12 heavy (non-hydrogen) atoms. The Hall–Kier alpha value is -1.31. The Balaban J connectivity index is 3.46. The monoisotopic (exact) mass is 163 g/mol. The minimum Gasteiger partial charge on any atom is -0.398 e. The van der Waals surface area contributed by atoms with Crippen LogP contribution in [0.3, 0.4) is 0 Å². The predicted molar refractivity (Wildman–Crippen MR) is 51.2 cm³/mol. The van der Waals surface area contributed by atoms with Gasteiger partial charge in [0.15, 0.2) is 5.43 Å². The highest BCUT2D eigenvalue weighted by atomic mass is 16.1. The maximum absolute atomic E-state index is 11.4. The van der Waals surface area contributed by atoms with E-state index in [1.807, 2.05) is 13.8 Å². The van der Waals surface area contributed by atoms with Crippen molar-refractivity contribution in [2.75, 3.05) is 5.73 Å². The Morgan fingerprint density at radius 3 is 2.42 bits per heavy atom. The Morgan fingerprint density at radius 1 is 1.25 bits per heavy atom. The van der Waals surface area contributed by atoms with E-state index in [-0.39, 0.29) is 11.3 Å². The lowest BCUT2D eigenvalue weighted by molar-refractivity contribution is 0.863. The summed E-state index contributed by atoms with van der Waals surface area (Å²) >= 11 is 0. The van der Waals surface area contributed by atoms with Crippen LogP contribution < -0.4 is 11.2 Å². The first-order chi connectivity index (χ1) is 5.63. The number of nitrogen functional groups attached to an aromatic ring is 1. The lowest BCUT2D eigenvalue weighted by Gasteiger charge is -2.03. The second kappa shape index (κ2) is 3.39. The average Bonchev–Trinajstić information content (AvgIpc) is 2.11. The third-order valence-corrected chi connectivity index (χ3v) is 1.79. The van der Waals surface area contributed by atoms with Crippen molar-refractivity contribution in [3.8, 4) is 0 Å². The Kier molecular flexibility index (Phi) is 2.48. The van der Waals surface area contributed by atoms with Gasteiger partial charge in [-0.2, -0.15) is 0 Å².